The van der Waals surface area contributed by atoms with Gasteiger partial charge in [0.05, 0.1) is 15.8 Å². The second kappa shape index (κ2) is 5.22. The van der Waals surface area contributed by atoms with Crippen molar-refractivity contribution in [3.63, 3.8) is 0 Å². The summed E-state index contributed by atoms with van der Waals surface area (Å²) in [7, 11) is -4.39. The minimum absolute atomic E-state index is 0.0517. The Kier molecular flexibility index (Phi) is 3.78. The van der Waals surface area contributed by atoms with E-state index in [1.807, 2.05) is 6.92 Å². The Bertz CT molecular complexity index is 864. The lowest BCUT2D eigenvalue weighted by molar-refractivity contribution is 0.483. The number of benzene rings is 1. The molecule has 1 heterocycles. The Labute approximate surface area is 114 Å². The van der Waals surface area contributed by atoms with Crippen molar-refractivity contribution in [1.29, 1.82) is 0 Å². The largest absolute Gasteiger partial charge is 0.328 e. The predicted octanol–water partition coefficient (Wildman–Crippen LogP) is 0.737. The van der Waals surface area contributed by atoms with Crippen LogP contribution in [0.3, 0.4) is 0 Å². The van der Waals surface area contributed by atoms with Gasteiger partial charge in [-0.25, -0.2) is 4.79 Å². The molecule has 0 radical (unpaired) electrons. The molecule has 0 aliphatic rings. The highest BCUT2D eigenvalue weighted by Gasteiger charge is 2.13. The summed E-state index contributed by atoms with van der Waals surface area (Å²) in [6.45, 7) is 2.19. The van der Waals surface area contributed by atoms with Crippen LogP contribution in [0.1, 0.15) is 19.8 Å². The Balaban J connectivity index is 2.75. The minimum atomic E-state index is -4.39. The molecule has 0 atom stereocenters. The predicted molar refractivity (Wildman–Crippen MR) is 73.6 cm³/mol. The molecule has 1 aromatic carbocycles. The second-order valence-electron chi connectivity index (χ2n) is 4.42. The van der Waals surface area contributed by atoms with Crippen molar-refractivity contribution < 1.29 is 13.0 Å². The van der Waals surface area contributed by atoms with Gasteiger partial charge in [-0.1, -0.05) is 13.3 Å². The average molecular weight is 298 g/mol. The molecule has 0 saturated heterocycles. The Morgan fingerprint density at radius 2 is 2.00 bits per heavy atom. The van der Waals surface area contributed by atoms with Crippen molar-refractivity contribution in [2.45, 2.75) is 31.2 Å². The quantitative estimate of drug-likeness (QED) is 0.809. The summed E-state index contributed by atoms with van der Waals surface area (Å²) in [5.74, 6) is 0. The molecular formula is C12H14N2O5S. The van der Waals surface area contributed by atoms with Gasteiger partial charge in [-0.15, -0.1) is 0 Å². The molecule has 0 saturated carbocycles. The highest BCUT2D eigenvalue weighted by atomic mass is 32.2. The van der Waals surface area contributed by atoms with E-state index in [9.17, 15) is 18.0 Å². The van der Waals surface area contributed by atoms with Gasteiger partial charge in [0.25, 0.3) is 15.7 Å². The van der Waals surface area contributed by atoms with E-state index in [1.54, 1.807) is 0 Å². The molecule has 0 aliphatic carbocycles. The average Bonchev–Trinajstić information content (AvgIpc) is 2.37. The van der Waals surface area contributed by atoms with Gasteiger partial charge < -0.3 is 4.98 Å². The van der Waals surface area contributed by atoms with E-state index in [1.165, 1.54) is 6.07 Å². The van der Waals surface area contributed by atoms with Crippen molar-refractivity contribution in [3.05, 3.63) is 39.0 Å². The lowest BCUT2D eigenvalue weighted by atomic mass is 10.2. The standard InChI is InChI=1S/C12H14N2O5S/c1-2-3-6-14-11(15)9-7-8(20(17,18)19)4-5-10(9)13-12(14)16/h4-5,7H,2-3,6H2,1H3,(H,13,16)(H,17,18,19). The summed E-state index contributed by atoms with van der Waals surface area (Å²) in [4.78, 5) is 26.1. The molecule has 20 heavy (non-hydrogen) atoms. The van der Waals surface area contributed by atoms with E-state index >= 15 is 0 Å². The Morgan fingerprint density at radius 3 is 2.60 bits per heavy atom. The molecule has 0 bridgehead atoms. The van der Waals surface area contributed by atoms with Crippen LogP contribution < -0.4 is 11.2 Å². The van der Waals surface area contributed by atoms with Gasteiger partial charge in [-0.05, 0) is 24.6 Å². The number of hydrogen-bond acceptors (Lipinski definition) is 4. The molecule has 2 rings (SSSR count). The molecule has 0 spiro atoms. The van der Waals surface area contributed by atoms with Gasteiger partial charge in [0, 0.05) is 6.54 Å². The highest BCUT2D eigenvalue weighted by molar-refractivity contribution is 7.85. The molecule has 8 heteroatoms. The Morgan fingerprint density at radius 1 is 1.30 bits per heavy atom. The number of nitrogens with zero attached hydrogens (tertiary/aromatic N) is 1. The zero-order valence-corrected chi connectivity index (χ0v) is 11.6. The molecule has 108 valence electrons. The molecule has 1 aromatic heterocycles. The molecule has 0 fully saturated rings. The molecular weight excluding hydrogens is 284 g/mol. The van der Waals surface area contributed by atoms with E-state index in [4.69, 9.17) is 4.55 Å². The summed E-state index contributed by atoms with van der Waals surface area (Å²) in [5.41, 5.74) is -0.863. The lowest BCUT2D eigenvalue weighted by Crippen LogP contribution is -2.35. The minimum Gasteiger partial charge on any atom is -0.307 e. The van der Waals surface area contributed by atoms with Crippen LogP contribution in [0.4, 0.5) is 0 Å². The lowest BCUT2D eigenvalue weighted by Gasteiger charge is -2.06. The zero-order valence-electron chi connectivity index (χ0n) is 10.8. The number of aromatic amines is 1. The first-order valence-electron chi connectivity index (χ1n) is 6.09. The second-order valence-corrected chi connectivity index (χ2v) is 5.84. The summed E-state index contributed by atoms with van der Waals surface area (Å²) >= 11 is 0. The molecule has 0 aliphatic heterocycles. The number of aromatic nitrogens is 2. The fraction of sp³-hybridized carbons (Fsp3) is 0.333. The number of H-pyrrole nitrogens is 1. The smallest absolute Gasteiger partial charge is 0.307 e. The van der Waals surface area contributed by atoms with Gasteiger partial charge >= 0.3 is 5.69 Å². The summed E-state index contributed by atoms with van der Waals surface area (Å²) < 4.78 is 32.2. The van der Waals surface area contributed by atoms with E-state index in [-0.39, 0.29) is 22.3 Å². The maximum absolute atomic E-state index is 12.2. The van der Waals surface area contributed by atoms with Crippen LogP contribution in [0.2, 0.25) is 0 Å². The summed E-state index contributed by atoms with van der Waals surface area (Å²) in [5, 5.41) is 0.0517. The van der Waals surface area contributed by atoms with Crippen LogP contribution in [0.15, 0.2) is 32.7 Å². The van der Waals surface area contributed by atoms with Crippen molar-refractivity contribution >= 4 is 21.0 Å². The van der Waals surface area contributed by atoms with E-state index in [2.05, 4.69) is 4.98 Å². The molecule has 2 N–H and O–H groups in total. The maximum atomic E-state index is 12.2. The SMILES string of the molecule is CCCCn1c(=O)[nH]c2ccc(S(=O)(=O)O)cc2c1=O. The van der Waals surface area contributed by atoms with Gasteiger partial charge in [0.1, 0.15) is 0 Å². The highest BCUT2D eigenvalue weighted by Crippen LogP contribution is 2.13. The monoisotopic (exact) mass is 298 g/mol. The van der Waals surface area contributed by atoms with Crippen LogP contribution in [0.5, 0.6) is 0 Å². The first kappa shape index (κ1) is 14.5. The van der Waals surface area contributed by atoms with Crippen LogP contribution in [-0.4, -0.2) is 22.5 Å². The van der Waals surface area contributed by atoms with E-state index in [0.717, 1.165) is 23.1 Å². The van der Waals surface area contributed by atoms with Gasteiger partial charge in [-0.2, -0.15) is 8.42 Å². The van der Waals surface area contributed by atoms with E-state index < -0.39 is 21.4 Å². The van der Waals surface area contributed by atoms with E-state index in [0.29, 0.717) is 6.42 Å². The first-order valence-corrected chi connectivity index (χ1v) is 7.53. The van der Waals surface area contributed by atoms with Gasteiger partial charge in [0.15, 0.2) is 0 Å². The third-order valence-corrected chi connectivity index (χ3v) is 3.84. The number of fused-ring (bicyclic) bond motifs is 1. The fourth-order valence-electron chi connectivity index (χ4n) is 1.91. The molecule has 2 aromatic rings. The number of nitrogens with one attached hydrogen (secondary N) is 1. The number of unbranched alkanes of at least 4 members (excludes halogenated alkanes) is 1. The van der Waals surface area contributed by atoms with Gasteiger partial charge in [0.2, 0.25) is 0 Å². The third-order valence-electron chi connectivity index (χ3n) is 2.99. The Hall–Kier alpha value is -1.93. The summed E-state index contributed by atoms with van der Waals surface area (Å²) in [6.07, 6.45) is 1.47. The fourth-order valence-corrected chi connectivity index (χ4v) is 2.42. The summed E-state index contributed by atoms with van der Waals surface area (Å²) in [6, 6.07) is 3.47. The van der Waals surface area contributed by atoms with Crippen molar-refractivity contribution in [1.82, 2.24) is 9.55 Å². The van der Waals surface area contributed by atoms with Crippen molar-refractivity contribution in [2.75, 3.05) is 0 Å². The zero-order chi connectivity index (χ0) is 14.9. The van der Waals surface area contributed by atoms with Crippen LogP contribution >= 0.6 is 0 Å². The molecule has 0 unspecified atom stereocenters. The van der Waals surface area contributed by atoms with Crippen LogP contribution in [0, 0.1) is 0 Å². The van der Waals surface area contributed by atoms with Gasteiger partial charge in [-0.3, -0.25) is 13.9 Å². The molecule has 7 nitrogen and oxygen atoms in total. The van der Waals surface area contributed by atoms with Crippen molar-refractivity contribution in [2.24, 2.45) is 0 Å². The van der Waals surface area contributed by atoms with Crippen molar-refractivity contribution in [3.8, 4) is 0 Å². The first-order chi connectivity index (χ1) is 9.34. The maximum Gasteiger partial charge on any atom is 0.328 e. The van der Waals surface area contributed by atoms with Crippen LogP contribution in [0.25, 0.3) is 10.9 Å². The van der Waals surface area contributed by atoms with Crippen LogP contribution in [-0.2, 0) is 16.7 Å². The molecule has 0 amide bonds. The normalized spacial score (nSPS) is 11.9. The number of rotatable bonds is 4. The number of hydrogen-bond donors (Lipinski definition) is 2. The topological polar surface area (TPSA) is 109 Å². The third kappa shape index (κ3) is 2.66.